The molecular formula is C22H23N3O. The van der Waals surface area contributed by atoms with Crippen molar-refractivity contribution in [1.29, 1.82) is 0 Å². The smallest absolute Gasteiger partial charge is 0.132 e. The Morgan fingerprint density at radius 3 is 2.58 bits per heavy atom. The van der Waals surface area contributed by atoms with Gasteiger partial charge in [-0.25, -0.2) is 9.97 Å². The highest BCUT2D eigenvalue weighted by Crippen LogP contribution is 2.40. The van der Waals surface area contributed by atoms with Gasteiger partial charge < -0.3 is 10.0 Å². The van der Waals surface area contributed by atoms with Gasteiger partial charge in [0, 0.05) is 36.7 Å². The molecule has 2 aliphatic rings. The van der Waals surface area contributed by atoms with E-state index in [1.54, 1.807) is 6.33 Å². The zero-order valence-electron chi connectivity index (χ0n) is 14.8. The monoisotopic (exact) mass is 345 g/mol. The normalized spacial score (nSPS) is 23.3. The predicted molar refractivity (Wildman–Crippen MR) is 104 cm³/mol. The van der Waals surface area contributed by atoms with Crippen LogP contribution in [0.3, 0.4) is 0 Å². The molecule has 1 aromatic heterocycles. The number of fused-ring (bicyclic) bond motifs is 1. The number of rotatable bonds is 3. The molecule has 2 aromatic carbocycles. The van der Waals surface area contributed by atoms with Crippen LogP contribution in [0, 0.1) is 0 Å². The fourth-order valence-corrected chi connectivity index (χ4v) is 4.10. The van der Waals surface area contributed by atoms with Gasteiger partial charge in [-0.2, -0.15) is 0 Å². The van der Waals surface area contributed by atoms with Gasteiger partial charge in [0.2, 0.25) is 0 Å². The fraction of sp³-hybridized carbons (Fsp3) is 0.364. The highest BCUT2D eigenvalue weighted by atomic mass is 16.3. The second kappa shape index (κ2) is 6.36. The zero-order chi connectivity index (χ0) is 17.5. The number of hydrogen-bond acceptors (Lipinski definition) is 4. The van der Waals surface area contributed by atoms with Crippen molar-refractivity contribution in [2.45, 2.75) is 37.2 Å². The topological polar surface area (TPSA) is 49.2 Å². The maximum absolute atomic E-state index is 10.8. The van der Waals surface area contributed by atoms with Crippen LogP contribution in [0.1, 0.15) is 42.4 Å². The summed E-state index contributed by atoms with van der Waals surface area (Å²) in [7, 11) is 0. The molecule has 4 nitrogen and oxygen atoms in total. The van der Waals surface area contributed by atoms with E-state index in [0.717, 1.165) is 24.5 Å². The van der Waals surface area contributed by atoms with Gasteiger partial charge in [0.25, 0.3) is 0 Å². The molecule has 4 heteroatoms. The van der Waals surface area contributed by atoms with Crippen LogP contribution in [0.2, 0.25) is 0 Å². The summed E-state index contributed by atoms with van der Waals surface area (Å²) in [5.41, 5.74) is 2.39. The van der Waals surface area contributed by atoms with Crippen LogP contribution < -0.4 is 4.90 Å². The quantitative estimate of drug-likeness (QED) is 0.783. The number of piperidine rings is 1. The lowest BCUT2D eigenvalue weighted by molar-refractivity contribution is 0.129. The first-order valence-corrected chi connectivity index (χ1v) is 9.51. The number of benzene rings is 2. The van der Waals surface area contributed by atoms with E-state index < -0.39 is 0 Å². The lowest BCUT2D eigenvalue weighted by Crippen LogP contribution is -2.43. The van der Waals surface area contributed by atoms with Crippen LogP contribution in [0.15, 0.2) is 54.9 Å². The maximum atomic E-state index is 10.8. The molecule has 0 amide bonds. The molecule has 0 unspecified atom stereocenters. The van der Waals surface area contributed by atoms with Crippen LogP contribution in [0.25, 0.3) is 10.8 Å². The minimum Gasteiger partial charge on any atom is -0.391 e. The second-order valence-corrected chi connectivity index (χ2v) is 7.59. The van der Waals surface area contributed by atoms with Gasteiger partial charge in [0.15, 0.2) is 0 Å². The SMILES string of the molecule is O[C@@H]1CN(c2cc(C3CC3)ncn2)CC[C@H]1c1ccc2ccccc2c1. The number of aromatic nitrogens is 2. The summed E-state index contributed by atoms with van der Waals surface area (Å²) >= 11 is 0. The number of nitrogens with zero attached hydrogens (tertiary/aromatic N) is 3. The molecule has 1 aliphatic heterocycles. The molecule has 1 aliphatic carbocycles. The Morgan fingerprint density at radius 2 is 1.77 bits per heavy atom. The predicted octanol–water partition coefficient (Wildman–Crippen LogP) is 3.86. The molecule has 5 rings (SSSR count). The van der Waals surface area contributed by atoms with E-state index in [-0.39, 0.29) is 12.0 Å². The van der Waals surface area contributed by atoms with Crippen molar-refractivity contribution >= 4 is 16.6 Å². The standard InChI is InChI=1S/C22H23N3O/c26-21-13-25(22-12-20(16-6-7-16)23-14-24-22)10-9-19(21)18-8-5-15-3-1-2-4-17(15)11-18/h1-5,8,11-12,14,16,19,21,26H,6-7,9-10,13H2/t19-,21+/m0/s1. The Balaban J connectivity index is 1.35. The molecule has 26 heavy (non-hydrogen) atoms. The number of aliphatic hydroxyl groups excluding tert-OH is 1. The second-order valence-electron chi connectivity index (χ2n) is 7.59. The molecule has 132 valence electrons. The number of hydrogen-bond donors (Lipinski definition) is 1. The molecule has 1 N–H and O–H groups in total. The Bertz CT molecular complexity index is 937. The van der Waals surface area contributed by atoms with Crippen LogP contribution in [0.4, 0.5) is 5.82 Å². The van der Waals surface area contributed by atoms with Crippen molar-refractivity contribution in [2.75, 3.05) is 18.0 Å². The van der Waals surface area contributed by atoms with Crippen molar-refractivity contribution in [3.8, 4) is 0 Å². The molecule has 0 bridgehead atoms. The number of aliphatic hydroxyl groups is 1. The van der Waals surface area contributed by atoms with Crippen molar-refractivity contribution in [3.63, 3.8) is 0 Å². The molecule has 3 aromatic rings. The summed E-state index contributed by atoms with van der Waals surface area (Å²) in [6.07, 6.45) is 4.70. The Kier molecular flexibility index (Phi) is 3.86. The van der Waals surface area contributed by atoms with Gasteiger partial charge >= 0.3 is 0 Å². The lowest BCUT2D eigenvalue weighted by Gasteiger charge is -2.37. The highest BCUT2D eigenvalue weighted by Gasteiger charge is 2.31. The van der Waals surface area contributed by atoms with Gasteiger partial charge in [-0.1, -0.05) is 42.5 Å². The summed E-state index contributed by atoms with van der Waals surface area (Å²) in [4.78, 5) is 11.1. The molecule has 2 atom stereocenters. The molecule has 2 heterocycles. The van der Waals surface area contributed by atoms with E-state index in [1.807, 2.05) is 0 Å². The van der Waals surface area contributed by atoms with E-state index in [9.17, 15) is 5.11 Å². The van der Waals surface area contributed by atoms with Gasteiger partial charge in [0.05, 0.1) is 6.10 Å². The molecule has 0 spiro atoms. The first-order chi connectivity index (χ1) is 12.8. The van der Waals surface area contributed by atoms with E-state index in [0.29, 0.717) is 12.5 Å². The van der Waals surface area contributed by atoms with Crippen LogP contribution in [-0.4, -0.2) is 34.3 Å². The minimum absolute atomic E-state index is 0.181. The summed E-state index contributed by atoms with van der Waals surface area (Å²) in [6.45, 7) is 1.54. The first-order valence-electron chi connectivity index (χ1n) is 9.51. The summed E-state index contributed by atoms with van der Waals surface area (Å²) in [6, 6.07) is 17.1. The number of β-amino-alcohol motifs (C(OH)–C–C–N with tert-alkyl or cyclic N) is 1. The average Bonchev–Trinajstić information content (AvgIpc) is 3.53. The van der Waals surface area contributed by atoms with E-state index in [2.05, 4.69) is 63.4 Å². The van der Waals surface area contributed by atoms with Crippen molar-refractivity contribution in [2.24, 2.45) is 0 Å². The van der Waals surface area contributed by atoms with Gasteiger partial charge in [-0.05, 0) is 35.6 Å². The largest absolute Gasteiger partial charge is 0.391 e. The summed E-state index contributed by atoms with van der Waals surface area (Å²) in [5.74, 6) is 1.76. The van der Waals surface area contributed by atoms with Gasteiger partial charge in [-0.3, -0.25) is 0 Å². The van der Waals surface area contributed by atoms with Crippen molar-refractivity contribution in [1.82, 2.24) is 9.97 Å². The Morgan fingerprint density at radius 1 is 0.923 bits per heavy atom. The molecule has 0 radical (unpaired) electrons. The minimum atomic E-state index is -0.385. The van der Waals surface area contributed by atoms with Crippen LogP contribution in [-0.2, 0) is 0 Å². The third-order valence-corrected chi connectivity index (χ3v) is 5.78. The molecular weight excluding hydrogens is 322 g/mol. The van der Waals surface area contributed by atoms with E-state index >= 15 is 0 Å². The van der Waals surface area contributed by atoms with Crippen LogP contribution >= 0.6 is 0 Å². The number of anilines is 1. The highest BCUT2D eigenvalue weighted by molar-refractivity contribution is 5.83. The first kappa shape index (κ1) is 15.8. The summed E-state index contributed by atoms with van der Waals surface area (Å²) in [5, 5.41) is 13.3. The van der Waals surface area contributed by atoms with Crippen LogP contribution in [0.5, 0.6) is 0 Å². The van der Waals surface area contributed by atoms with E-state index in [4.69, 9.17) is 0 Å². The Hall–Kier alpha value is -2.46. The third-order valence-electron chi connectivity index (χ3n) is 5.78. The summed E-state index contributed by atoms with van der Waals surface area (Å²) < 4.78 is 0. The maximum Gasteiger partial charge on any atom is 0.132 e. The zero-order valence-corrected chi connectivity index (χ0v) is 14.8. The van der Waals surface area contributed by atoms with Gasteiger partial charge in [0.1, 0.15) is 12.1 Å². The van der Waals surface area contributed by atoms with Gasteiger partial charge in [-0.15, -0.1) is 0 Å². The van der Waals surface area contributed by atoms with Crippen molar-refractivity contribution < 1.29 is 5.11 Å². The van der Waals surface area contributed by atoms with Crippen molar-refractivity contribution in [3.05, 3.63) is 66.1 Å². The molecule has 2 fully saturated rings. The third kappa shape index (κ3) is 2.95. The molecule has 1 saturated carbocycles. The molecule has 1 saturated heterocycles. The lowest BCUT2D eigenvalue weighted by atomic mass is 9.86. The Labute approximate surface area is 153 Å². The average molecular weight is 345 g/mol. The van der Waals surface area contributed by atoms with E-state index in [1.165, 1.54) is 29.2 Å². The fourth-order valence-electron chi connectivity index (χ4n) is 4.10.